The van der Waals surface area contributed by atoms with Crippen molar-refractivity contribution in [3.8, 4) is 23.7 Å². The van der Waals surface area contributed by atoms with E-state index in [0.29, 0.717) is 5.57 Å². The van der Waals surface area contributed by atoms with Crippen molar-refractivity contribution in [1.82, 2.24) is 0 Å². The van der Waals surface area contributed by atoms with Gasteiger partial charge in [-0.25, -0.2) is 0 Å². The topological polar surface area (TPSA) is 78.7 Å². The van der Waals surface area contributed by atoms with Crippen LogP contribution in [0.3, 0.4) is 0 Å². The zero-order valence-electron chi connectivity index (χ0n) is 18.3. The first-order chi connectivity index (χ1) is 15.0. The molecule has 5 nitrogen and oxygen atoms in total. The number of nitrogens with zero attached hydrogens (tertiary/aromatic N) is 1. The van der Waals surface area contributed by atoms with Crippen LogP contribution in [0.25, 0.3) is 0 Å². The van der Waals surface area contributed by atoms with E-state index in [-0.39, 0.29) is 11.7 Å². The number of benzene rings is 2. The van der Waals surface area contributed by atoms with Gasteiger partial charge in [0.25, 0.3) is 0 Å². The summed E-state index contributed by atoms with van der Waals surface area (Å²) < 4.78 is 6.16. The van der Waals surface area contributed by atoms with Crippen molar-refractivity contribution in [2.45, 2.75) is 27.7 Å². The molecule has 3 rings (SSSR count). The minimum atomic E-state index is -1.77. The minimum Gasteiger partial charge on any atom is -0.639 e. The molecule has 7 heteroatoms. The van der Waals surface area contributed by atoms with Crippen LogP contribution in [0.5, 0.6) is 0 Å². The predicted molar refractivity (Wildman–Crippen MR) is 128 cm³/mol. The van der Waals surface area contributed by atoms with E-state index >= 15 is 0 Å². The van der Waals surface area contributed by atoms with Gasteiger partial charge in [-0.1, -0.05) is 71.6 Å². The molecule has 0 aromatic heterocycles. The van der Waals surface area contributed by atoms with E-state index < -0.39 is 6.48 Å². The molecular weight excluding hydrogens is 384 g/mol. The second-order valence-corrected chi connectivity index (χ2v) is 6.80. The zero-order chi connectivity index (χ0) is 22.7. The van der Waals surface area contributed by atoms with Gasteiger partial charge in [0.15, 0.2) is 11.7 Å². The fourth-order valence-electron chi connectivity index (χ4n) is 3.42. The number of rotatable bonds is 3. The van der Waals surface area contributed by atoms with E-state index in [1.165, 1.54) is 14.0 Å². The first-order valence-corrected chi connectivity index (χ1v) is 9.89. The molecule has 0 spiro atoms. The van der Waals surface area contributed by atoms with Crippen LogP contribution in [0, 0.1) is 23.7 Å². The van der Waals surface area contributed by atoms with E-state index in [1.807, 2.05) is 67.6 Å². The van der Waals surface area contributed by atoms with Crippen molar-refractivity contribution in [2.75, 3.05) is 0 Å². The Kier molecular flexibility index (Phi) is 8.61. The van der Waals surface area contributed by atoms with Gasteiger partial charge in [-0.2, -0.15) is 0 Å². The van der Waals surface area contributed by atoms with Gasteiger partial charge in [0.05, 0.1) is 0 Å². The normalized spacial score (nSPS) is 13.7. The Morgan fingerprint density at radius 2 is 1.58 bits per heavy atom. The van der Waals surface area contributed by atoms with Crippen LogP contribution in [0.2, 0.25) is 0 Å². The molecule has 0 unspecified atom stereocenters. The van der Waals surface area contributed by atoms with Crippen LogP contribution in [0.1, 0.15) is 27.7 Å². The van der Waals surface area contributed by atoms with Gasteiger partial charge in [0.2, 0.25) is 0 Å². The van der Waals surface area contributed by atoms with E-state index in [0.717, 1.165) is 16.6 Å². The van der Waals surface area contributed by atoms with Crippen molar-refractivity contribution >= 4 is 36.0 Å². The first-order valence-electron chi connectivity index (χ1n) is 9.89. The van der Waals surface area contributed by atoms with Crippen LogP contribution in [-0.2, 0) is 9.45 Å². The Hall–Kier alpha value is -3.83. The van der Waals surface area contributed by atoms with Crippen molar-refractivity contribution in [2.24, 2.45) is 10.6 Å². The van der Waals surface area contributed by atoms with Gasteiger partial charge in [-0.3, -0.25) is 4.79 Å². The summed E-state index contributed by atoms with van der Waals surface area (Å²) in [5.41, 5.74) is 9.21. The molecule has 154 valence electrons. The van der Waals surface area contributed by atoms with Gasteiger partial charge in [0, 0.05) is 6.92 Å². The molecule has 2 aromatic carbocycles. The molecule has 31 heavy (non-hydrogen) atoms. The minimum absolute atomic E-state index is 0.113. The molecule has 1 aliphatic rings. The molecule has 0 atom stereocenters. The quantitative estimate of drug-likeness (QED) is 0.570. The molecule has 0 amide bonds. The maximum Gasteiger partial charge on any atom is 0.507 e. The first kappa shape index (κ1) is 23.4. The second-order valence-electron chi connectivity index (χ2n) is 6.80. The molecule has 0 saturated carbocycles. The van der Waals surface area contributed by atoms with Crippen molar-refractivity contribution in [1.29, 1.82) is 0 Å². The molecule has 3 N–H and O–H groups in total. The third kappa shape index (κ3) is 5.84. The summed E-state index contributed by atoms with van der Waals surface area (Å²) in [5, 5.41) is 0. The summed E-state index contributed by atoms with van der Waals surface area (Å²) >= 11 is 0. The summed E-state index contributed by atoms with van der Waals surface area (Å²) in [6, 6.07) is 22.3. The molecule has 0 bridgehead atoms. The fraction of sp³-hybridized carbons (Fsp3) is 0.167. The molecule has 2 aromatic rings. The average molecular weight is 409 g/mol. The van der Waals surface area contributed by atoms with Crippen LogP contribution < -0.4 is 21.6 Å². The Bertz CT molecular complexity index is 1070. The Morgan fingerprint density at radius 3 is 2.00 bits per heavy atom. The monoisotopic (exact) mass is 409 g/mol. The molecule has 1 heterocycles. The number of allylic oxidation sites excluding steroid dienone is 1. The van der Waals surface area contributed by atoms with Gasteiger partial charge < -0.3 is 15.3 Å². The SMILES string of the molecule is CC#CB=NC#CC.CC(=O)C1=C(N)O[B-](c2ccccc2)(c2ccccc2)[NH+]=C1C. The third-order valence-electron chi connectivity index (χ3n) is 4.68. The summed E-state index contributed by atoms with van der Waals surface area (Å²) in [4.78, 5) is 18.9. The number of carbonyl (C=O) groups is 1. The third-order valence-corrected chi connectivity index (χ3v) is 4.68. The summed E-state index contributed by atoms with van der Waals surface area (Å²) in [5.74, 6) is 7.96. The molecule has 0 radical (unpaired) electrons. The maximum atomic E-state index is 11.8. The molecular formula is C24H25B2N3O2. The summed E-state index contributed by atoms with van der Waals surface area (Å²) in [6.07, 6.45) is 0. The molecule has 0 fully saturated rings. The van der Waals surface area contributed by atoms with Gasteiger partial charge in [-0.15, -0.1) is 0 Å². The Balaban J connectivity index is 0.000000366. The van der Waals surface area contributed by atoms with Gasteiger partial charge in [-0.05, 0) is 6.92 Å². The van der Waals surface area contributed by atoms with Gasteiger partial charge in [0.1, 0.15) is 11.3 Å². The second kappa shape index (κ2) is 11.4. The molecule has 0 aliphatic carbocycles. The van der Waals surface area contributed by atoms with Crippen LogP contribution in [0.15, 0.2) is 77.0 Å². The number of Topliss-reactive ketones (excluding diaryl/α,β-unsaturated/α-hetero) is 1. The van der Waals surface area contributed by atoms with Crippen molar-refractivity contribution in [3.63, 3.8) is 0 Å². The number of nitrogens with two attached hydrogens (primary N) is 1. The summed E-state index contributed by atoms with van der Waals surface area (Å²) in [6.45, 7) is 5.06. The number of hydrogen-bond donors (Lipinski definition) is 2. The van der Waals surface area contributed by atoms with Crippen LogP contribution in [-0.4, -0.2) is 25.1 Å². The van der Waals surface area contributed by atoms with E-state index in [1.54, 1.807) is 13.8 Å². The van der Waals surface area contributed by atoms with Crippen molar-refractivity contribution in [3.05, 3.63) is 72.1 Å². The number of ketones is 1. The fourth-order valence-corrected chi connectivity index (χ4v) is 3.42. The van der Waals surface area contributed by atoms with Crippen LogP contribution >= 0.6 is 0 Å². The number of nitrogens with one attached hydrogen (secondary N) is 1. The molecule has 1 aliphatic heterocycles. The van der Waals surface area contributed by atoms with E-state index in [4.69, 9.17) is 10.4 Å². The van der Waals surface area contributed by atoms with Crippen LogP contribution in [0.4, 0.5) is 0 Å². The average Bonchev–Trinajstić information content (AvgIpc) is 2.77. The maximum absolute atomic E-state index is 11.8. The van der Waals surface area contributed by atoms with E-state index in [2.05, 4.69) is 33.5 Å². The molecule has 0 saturated heterocycles. The smallest absolute Gasteiger partial charge is 0.507 e. The zero-order valence-corrected chi connectivity index (χ0v) is 18.3. The van der Waals surface area contributed by atoms with Gasteiger partial charge >= 0.3 is 56.0 Å². The van der Waals surface area contributed by atoms with Crippen molar-refractivity contribution < 1.29 is 14.4 Å². The predicted octanol–water partition coefficient (Wildman–Crippen LogP) is 0.410. The number of carbonyl (C=O) groups excluding carboxylic acids is 1. The Morgan fingerprint density at radius 1 is 1.03 bits per heavy atom. The largest absolute Gasteiger partial charge is 0.639 e. The standard InChI is InChI=1S/C18H19BN2O2.C6H6BN/c1-13-17(14(2)22)18(20)23-19(21-13,15-9-5-3-6-10-15)16-11-7-4-8-12-16;1-3-5-7-8-6-4-2/h3-12,21H,20H2,1-2H3;1-2H3. The summed E-state index contributed by atoms with van der Waals surface area (Å²) in [7, 11) is 1.48. The number of hydrogen-bond acceptors (Lipinski definition) is 4. The van der Waals surface area contributed by atoms with E-state index in [9.17, 15) is 4.79 Å². The Labute approximate surface area is 184 Å².